The lowest BCUT2D eigenvalue weighted by Crippen LogP contribution is -2.46. The van der Waals surface area contributed by atoms with Crippen molar-refractivity contribution >= 4 is 9.84 Å². The van der Waals surface area contributed by atoms with E-state index in [0.29, 0.717) is 13.0 Å². The van der Waals surface area contributed by atoms with E-state index in [1.165, 1.54) is 0 Å². The molecule has 2 aromatic carbocycles. The summed E-state index contributed by atoms with van der Waals surface area (Å²) in [5.74, 6) is -0.534. The summed E-state index contributed by atoms with van der Waals surface area (Å²) >= 11 is 0. The average molecular weight is 375 g/mol. The predicted molar refractivity (Wildman–Crippen MR) is 104 cm³/mol. The molecular formula is C21H26O4S. The van der Waals surface area contributed by atoms with Crippen LogP contribution >= 0.6 is 0 Å². The van der Waals surface area contributed by atoms with Crippen LogP contribution in [0.25, 0.3) is 11.1 Å². The molecule has 0 amide bonds. The van der Waals surface area contributed by atoms with Gasteiger partial charge in [0.15, 0.2) is 9.84 Å². The first-order valence-corrected chi connectivity index (χ1v) is 10.7. The normalized spacial score (nSPS) is 23.9. The molecule has 3 rings (SSSR count). The Morgan fingerprint density at radius 2 is 1.69 bits per heavy atom. The molecule has 4 nitrogen and oxygen atoms in total. The molecule has 0 spiro atoms. The van der Waals surface area contributed by atoms with Crippen LogP contribution < -0.4 is 0 Å². The summed E-state index contributed by atoms with van der Waals surface area (Å²) in [4.78, 5) is 0. The highest BCUT2D eigenvalue weighted by atomic mass is 32.2. The number of aliphatic hydroxyl groups is 1. The largest absolute Gasteiger partial charge is 0.385 e. The number of rotatable bonds is 5. The van der Waals surface area contributed by atoms with E-state index < -0.39 is 26.6 Å². The van der Waals surface area contributed by atoms with Gasteiger partial charge < -0.3 is 9.84 Å². The van der Waals surface area contributed by atoms with Crippen molar-refractivity contribution in [2.45, 2.75) is 31.1 Å². The molecule has 5 heteroatoms. The van der Waals surface area contributed by atoms with Crippen LogP contribution in [0.3, 0.4) is 0 Å². The first kappa shape index (κ1) is 19.1. The van der Waals surface area contributed by atoms with Crippen molar-refractivity contribution in [2.75, 3.05) is 19.0 Å². The van der Waals surface area contributed by atoms with E-state index in [1.807, 2.05) is 54.6 Å². The van der Waals surface area contributed by atoms with Crippen LogP contribution in [0.1, 0.15) is 25.8 Å². The molecule has 2 atom stereocenters. The molecule has 1 fully saturated rings. The van der Waals surface area contributed by atoms with Gasteiger partial charge in [-0.3, -0.25) is 0 Å². The summed E-state index contributed by atoms with van der Waals surface area (Å²) in [6.07, 6.45) is 0.399. The van der Waals surface area contributed by atoms with Crippen molar-refractivity contribution in [1.82, 2.24) is 0 Å². The zero-order valence-electron chi connectivity index (χ0n) is 15.3. The molecule has 0 radical (unpaired) electrons. The Kier molecular flexibility index (Phi) is 5.51. The van der Waals surface area contributed by atoms with Gasteiger partial charge in [-0.1, -0.05) is 54.6 Å². The molecule has 0 bridgehead atoms. The second-order valence-electron chi connectivity index (χ2n) is 7.27. The molecule has 0 aromatic heterocycles. The second kappa shape index (κ2) is 7.51. The Hall–Kier alpha value is -1.69. The zero-order chi connectivity index (χ0) is 18.8. The van der Waals surface area contributed by atoms with Gasteiger partial charge >= 0.3 is 0 Å². The van der Waals surface area contributed by atoms with E-state index in [0.717, 1.165) is 16.7 Å². The van der Waals surface area contributed by atoms with Gasteiger partial charge in [0.1, 0.15) is 0 Å². The Morgan fingerprint density at radius 3 is 2.31 bits per heavy atom. The topological polar surface area (TPSA) is 63.6 Å². The fourth-order valence-corrected chi connectivity index (χ4v) is 4.73. The maximum Gasteiger partial charge on any atom is 0.153 e. The minimum absolute atomic E-state index is 0.0679. The summed E-state index contributed by atoms with van der Waals surface area (Å²) in [6, 6.07) is 17.8. The lowest BCUT2D eigenvalue weighted by molar-refractivity contribution is -0.110. The monoisotopic (exact) mass is 374 g/mol. The van der Waals surface area contributed by atoms with E-state index in [9.17, 15) is 13.5 Å². The van der Waals surface area contributed by atoms with Crippen LogP contribution in [-0.2, 0) is 20.2 Å². The molecular weight excluding hydrogens is 348 g/mol. The number of hydrogen-bond acceptors (Lipinski definition) is 4. The van der Waals surface area contributed by atoms with Crippen molar-refractivity contribution in [3.8, 4) is 11.1 Å². The van der Waals surface area contributed by atoms with Crippen LogP contribution in [-0.4, -0.2) is 37.7 Å². The fourth-order valence-electron chi connectivity index (χ4n) is 3.42. The minimum Gasteiger partial charge on any atom is -0.385 e. The van der Waals surface area contributed by atoms with Gasteiger partial charge in [0.2, 0.25) is 0 Å². The zero-order valence-corrected chi connectivity index (χ0v) is 16.1. The molecule has 2 aromatic rings. The number of hydrogen-bond donors (Lipinski definition) is 1. The third-order valence-electron chi connectivity index (χ3n) is 5.27. The molecule has 26 heavy (non-hydrogen) atoms. The van der Waals surface area contributed by atoms with Crippen molar-refractivity contribution in [1.29, 1.82) is 0 Å². The summed E-state index contributed by atoms with van der Waals surface area (Å²) < 4.78 is 30.3. The predicted octanol–water partition coefficient (Wildman–Crippen LogP) is 3.40. The van der Waals surface area contributed by atoms with E-state index >= 15 is 0 Å². The van der Waals surface area contributed by atoms with Crippen molar-refractivity contribution < 1.29 is 18.3 Å². The second-order valence-corrected chi connectivity index (χ2v) is 9.87. The van der Waals surface area contributed by atoms with Crippen molar-refractivity contribution in [2.24, 2.45) is 5.92 Å². The molecule has 1 saturated heterocycles. The summed E-state index contributed by atoms with van der Waals surface area (Å²) in [6.45, 7) is 4.03. The lowest BCUT2D eigenvalue weighted by atomic mass is 9.78. The Morgan fingerprint density at radius 1 is 1.08 bits per heavy atom. The number of benzene rings is 2. The third-order valence-corrected chi connectivity index (χ3v) is 7.57. The standard InChI is InChI=1S/C21H26O4S/c1-16(2)26(23,24)15-20-14-25-13-12-21(20,22)19-10-8-18(9-11-19)17-6-4-3-5-7-17/h3-11,16,20,22H,12-15H2,1-2H3/t20-,21+/m1/s1. The highest BCUT2D eigenvalue weighted by Gasteiger charge is 2.43. The van der Waals surface area contributed by atoms with Crippen molar-refractivity contribution in [3.63, 3.8) is 0 Å². The molecule has 0 unspecified atom stereocenters. The van der Waals surface area contributed by atoms with Gasteiger partial charge in [0.25, 0.3) is 0 Å². The molecule has 1 N–H and O–H groups in total. The van der Waals surface area contributed by atoms with Gasteiger partial charge in [-0.2, -0.15) is 0 Å². The molecule has 1 aliphatic rings. The first-order valence-electron chi connectivity index (χ1n) is 9.00. The maximum atomic E-state index is 12.4. The molecule has 1 aliphatic heterocycles. The Labute approximate surface area is 155 Å². The Bertz CT molecular complexity index is 828. The molecule has 140 valence electrons. The maximum absolute atomic E-state index is 12.4. The first-order chi connectivity index (χ1) is 12.3. The summed E-state index contributed by atoms with van der Waals surface area (Å²) in [7, 11) is -3.27. The third kappa shape index (κ3) is 3.85. The summed E-state index contributed by atoms with van der Waals surface area (Å²) in [5, 5.41) is 10.9. The number of ether oxygens (including phenoxy) is 1. The smallest absolute Gasteiger partial charge is 0.153 e. The van der Waals surface area contributed by atoms with Gasteiger partial charge in [-0.25, -0.2) is 8.42 Å². The van der Waals surface area contributed by atoms with Gasteiger partial charge in [-0.15, -0.1) is 0 Å². The van der Waals surface area contributed by atoms with Crippen LogP contribution in [0.15, 0.2) is 54.6 Å². The van der Waals surface area contributed by atoms with E-state index in [4.69, 9.17) is 4.74 Å². The van der Waals surface area contributed by atoms with Crippen LogP contribution in [0.5, 0.6) is 0 Å². The van der Waals surface area contributed by atoms with Gasteiger partial charge in [0, 0.05) is 18.9 Å². The highest BCUT2D eigenvalue weighted by Crippen LogP contribution is 2.38. The van der Waals surface area contributed by atoms with Crippen LogP contribution in [0.2, 0.25) is 0 Å². The molecule has 0 saturated carbocycles. The minimum atomic E-state index is -3.27. The molecule has 1 heterocycles. The van der Waals surface area contributed by atoms with Crippen LogP contribution in [0.4, 0.5) is 0 Å². The van der Waals surface area contributed by atoms with Gasteiger partial charge in [0.05, 0.1) is 23.2 Å². The summed E-state index contributed by atoms with van der Waals surface area (Å²) in [5.41, 5.74) is 1.74. The quantitative estimate of drug-likeness (QED) is 0.871. The Balaban J connectivity index is 1.89. The molecule has 0 aliphatic carbocycles. The van der Waals surface area contributed by atoms with E-state index in [1.54, 1.807) is 13.8 Å². The lowest BCUT2D eigenvalue weighted by Gasteiger charge is -2.40. The van der Waals surface area contributed by atoms with Gasteiger partial charge in [-0.05, 0) is 30.5 Å². The van der Waals surface area contributed by atoms with Crippen molar-refractivity contribution in [3.05, 3.63) is 60.2 Å². The average Bonchev–Trinajstić information content (AvgIpc) is 2.64. The van der Waals surface area contributed by atoms with E-state index in [2.05, 4.69) is 0 Å². The SMILES string of the molecule is CC(C)S(=O)(=O)C[C@H]1COCC[C@]1(O)c1ccc(-c2ccccc2)cc1. The number of sulfone groups is 1. The highest BCUT2D eigenvalue weighted by molar-refractivity contribution is 7.91. The van der Waals surface area contributed by atoms with E-state index in [-0.39, 0.29) is 12.4 Å². The fraction of sp³-hybridized carbons (Fsp3) is 0.429. The van der Waals surface area contributed by atoms with Crippen LogP contribution in [0, 0.1) is 5.92 Å².